The van der Waals surface area contributed by atoms with Crippen LogP contribution in [0.4, 0.5) is 14.5 Å². The Morgan fingerprint density at radius 3 is 2.43 bits per heavy atom. The van der Waals surface area contributed by atoms with E-state index in [1.807, 2.05) is 0 Å². The van der Waals surface area contributed by atoms with Crippen LogP contribution in [0.15, 0.2) is 36.5 Å². The summed E-state index contributed by atoms with van der Waals surface area (Å²) in [4.78, 5) is 15.7. The second kappa shape index (κ2) is 10.1. The molecule has 0 bridgehead atoms. The fourth-order valence-electron chi connectivity index (χ4n) is 3.70. The Morgan fingerprint density at radius 2 is 1.80 bits per heavy atom. The van der Waals surface area contributed by atoms with Gasteiger partial charge in [-0.15, -0.1) is 5.10 Å². The standard InChI is InChI=1S/C22H22F2N6O4S/c1-34-22(35)25-11-14-12-30(27-26-14)15-9-16(23)20(17(24)10-15)28-4-6-29(7-5-28)21(33)13-2-3-18(31)19(32)8-13/h2-3,8-10,12,31-32H,4-7,11H2,1H3,(H,25,35). The lowest BCUT2D eigenvalue weighted by Gasteiger charge is -2.36. The number of hydrogen-bond donors (Lipinski definition) is 3. The highest BCUT2D eigenvalue weighted by Gasteiger charge is 2.26. The summed E-state index contributed by atoms with van der Waals surface area (Å²) >= 11 is 4.89. The Hall–Kier alpha value is -4.00. The summed E-state index contributed by atoms with van der Waals surface area (Å²) in [6.07, 6.45) is 1.52. The summed E-state index contributed by atoms with van der Waals surface area (Å²) in [6, 6.07) is 6.15. The number of amides is 1. The molecule has 1 aromatic heterocycles. The number of anilines is 1. The number of methoxy groups -OCH3 is 1. The maximum absolute atomic E-state index is 15.0. The van der Waals surface area contributed by atoms with Gasteiger partial charge in [0.15, 0.2) is 23.1 Å². The van der Waals surface area contributed by atoms with Gasteiger partial charge in [-0.2, -0.15) is 0 Å². The minimum atomic E-state index is -0.765. The molecule has 1 aliphatic heterocycles. The number of aromatic nitrogens is 3. The molecule has 0 atom stereocenters. The van der Waals surface area contributed by atoms with E-state index in [0.29, 0.717) is 5.69 Å². The number of aromatic hydroxyl groups is 2. The van der Waals surface area contributed by atoms with Crippen LogP contribution in [0.3, 0.4) is 0 Å². The zero-order valence-corrected chi connectivity index (χ0v) is 19.4. The number of ether oxygens (including phenoxy) is 1. The van der Waals surface area contributed by atoms with Crippen molar-refractivity contribution in [3.05, 3.63) is 59.4 Å². The third-order valence-electron chi connectivity index (χ3n) is 5.51. The SMILES string of the molecule is COC(=S)NCc1cn(-c2cc(F)c(N3CCN(C(=O)c4ccc(O)c(O)c4)CC3)c(F)c2)nn1. The van der Waals surface area contributed by atoms with Crippen LogP contribution in [0.2, 0.25) is 0 Å². The van der Waals surface area contributed by atoms with Crippen molar-refractivity contribution in [2.75, 3.05) is 38.2 Å². The number of phenols is 2. The lowest BCUT2D eigenvalue weighted by atomic mass is 10.1. The van der Waals surface area contributed by atoms with Crippen molar-refractivity contribution in [2.45, 2.75) is 6.54 Å². The van der Waals surface area contributed by atoms with Crippen LogP contribution >= 0.6 is 12.2 Å². The molecule has 0 aliphatic carbocycles. The Balaban J connectivity index is 1.43. The maximum Gasteiger partial charge on any atom is 0.256 e. The fraction of sp³-hybridized carbons (Fsp3) is 0.273. The van der Waals surface area contributed by atoms with E-state index in [1.165, 1.54) is 58.1 Å². The molecule has 1 fully saturated rings. The van der Waals surface area contributed by atoms with Gasteiger partial charge in [-0.3, -0.25) is 4.79 Å². The molecule has 184 valence electrons. The van der Waals surface area contributed by atoms with Crippen LogP contribution in [0.1, 0.15) is 16.1 Å². The molecular formula is C22H22F2N6O4S. The summed E-state index contributed by atoms with van der Waals surface area (Å²) in [5, 5.41) is 29.9. The van der Waals surface area contributed by atoms with Gasteiger partial charge in [0.2, 0.25) is 0 Å². The van der Waals surface area contributed by atoms with Gasteiger partial charge in [-0.05, 0) is 30.4 Å². The monoisotopic (exact) mass is 504 g/mol. The van der Waals surface area contributed by atoms with Gasteiger partial charge < -0.3 is 30.1 Å². The molecule has 1 aliphatic rings. The first-order valence-corrected chi connectivity index (χ1v) is 11.0. The van der Waals surface area contributed by atoms with Gasteiger partial charge in [0.1, 0.15) is 11.4 Å². The topological polar surface area (TPSA) is 116 Å². The number of halogens is 2. The van der Waals surface area contributed by atoms with Gasteiger partial charge in [-0.1, -0.05) is 5.21 Å². The number of nitrogens with one attached hydrogen (secondary N) is 1. The number of thiocarbonyl (C=S) groups is 1. The maximum atomic E-state index is 15.0. The van der Waals surface area contributed by atoms with E-state index < -0.39 is 17.4 Å². The predicted octanol–water partition coefficient (Wildman–Crippen LogP) is 1.94. The van der Waals surface area contributed by atoms with E-state index in [4.69, 9.17) is 17.0 Å². The summed E-state index contributed by atoms with van der Waals surface area (Å²) < 4.78 is 36.0. The molecule has 13 heteroatoms. The number of carbonyl (C=O) groups excluding carboxylic acids is 1. The minimum absolute atomic E-state index is 0.165. The van der Waals surface area contributed by atoms with Crippen LogP contribution in [0.5, 0.6) is 11.5 Å². The smallest absolute Gasteiger partial charge is 0.256 e. The molecule has 10 nitrogen and oxygen atoms in total. The highest BCUT2D eigenvalue weighted by Crippen LogP contribution is 2.29. The molecule has 0 saturated carbocycles. The number of piperazine rings is 1. The summed E-state index contributed by atoms with van der Waals surface area (Å²) in [6.45, 7) is 1.11. The normalized spacial score (nSPS) is 13.6. The van der Waals surface area contributed by atoms with Crippen LogP contribution in [0, 0.1) is 11.6 Å². The van der Waals surface area contributed by atoms with E-state index in [0.717, 1.165) is 0 Å². The van der Waals surface area contributed by atoms with Gasteiger partial charge in [0.05, 0.1) is 25.5 Å². The van der Waals surface area contributed by atoms with Crippen LogP contribution in [-0.2, 0) is 11.3 Å². The zero-order chi connectivity index (χ0) is 25.1. The highest BCUT2D eigenvalue weighted by molar-refractivity contribution is 7.80. The lowest BCUT2D eigenvalue weighted by molar-refractivity contribution is 0.0746. The Kier molecular flexibility index (Phi) is 6.96. The van der Waals surface area contributed by atoms with Gasteiger partial charge >= 0.3 is 0 Å². The lowest BCUT2D eigenvalue weighted by Crippen LogP contribution is -2.49. The number of phenolic OH excluding ortho intramolecular Hbond substituents is 2. The van der Waals surface area contributed by atoms with E-state index in [2.05, 4.69) is 15.6 Å². The van der Waals surface area contributed by atoms with E-state index in [1.54, 1.807) is 0 Å². The van der Waals surface area contributed by atoms with E-state index in [9.17, 15) is 23.8 Å². The molecule has 1 amide bonds. The van der Waals surface area contributed by atoms with Gasteiger partial charge in [-0.25, -0.2) is 13.5 Å². The average Bonchev–Trinajstić information content (AvgIpc) is 3.33. The largest absolute Gasteiger partial charge is 0.504 e. The van der Waals surface area contributed by atoms with Crippen molar-refractivity contribution in [2.24, 2.45) is 0 Å². The molecule has 3 N–H and O–H groups in total. The third-order valence-corrected chi connectivity index (χ3v) is 5.82. The van der Waals surface area contributed by atoms with Crippen molar-refractivity contribution >= 4 is 29.0 Å². The van der Waals surface area contributed by atoms with Crippen LogP contribution in [0.25, 0.3) is 5.69 Å². The second-order valence-corrected chi connectivity index (χ2v) is 8.11. The number of benzene rings is 2. The Morgan fingerprint density at radius 1 is 1.11 bits per heavy atom. The zero-order valence-electron chi connectivity index (χ0n) is 18.6. The predicted molar refractivity (Wildman–Crippen MR) is 126 cm³/mol. The fourth-order valence-corrected chi connectivity index (χ4v) is 3.77. The molecule has 3 aromatic rings. The molecule has 0 radical (unpaired) electrons. The molecule has 35 heavy (non-hydrogen) atoms. The van der Waals surface area contributed by atoms with Gasteiger partial charge in [0, 0.05) is 43.9 Å². The van der Waals surface area contributed by atoms with Crippen molar-refractivity contribution in [3.63, 3.8) is 0 Å². The molecule has 2 heterocycles. The molecule has 4 rings (SSSR count). The quantitative estimate of drug-likeness (QED) is 0.354. The minimum Gasteiger partial charge on any atom is -0.504 e. The van der Waals surface area contributed by atoms with Crippen molar-refractivity contribution in [1.82, 2.24) is 25.2 Å². The number of nitrogens with zero attached hydrogens (tertiary/aromatic N) is 5. The number of rotatable bonds is 5. The molecular weight excluding hydrogens is 482 g/mol. The summed E-state index contributed by atoms with van der Waals surface area (Å²) in [5.74, 6) is -2.60. The van der Waals surface area contributed by atoms with Crippen molar-refractivity contribution in [1.29, 1.82) is 0 Å². The first-order valence-electron chi connectivity index (χ1n) is 10.6. The Labute approximate surface area is 204 Å². The molecule has 0 unspecified atom stereocenters. The summed E-state index contributed by atoms with van der Waals surface area (Å²) in [5.41, 5.74) is 0.687. The van der Waals surface area contributed by atoms with E-state index in [-0.39, 0.29) is 66.5 Å². The molecule has 0 spiro atoms. The van der Waals surface area contributed by atoms with Gasteiger partial charge in [0.25, 0.3) is 11.1 Å². The number of carbonyl (C=O) groups is 1. The van der Waals surface area contributed by atoms with Crippen molar-refractivity contribution in [3.8, 4) is 17.2 Å². The molecule has 1 saturated heterocycles. The average molecular weight is 505 g/mol. The first kappa shape index (κ1) is 24.1. The third kappa shape index (κ3) is 5.24. The second-order valence-electron chi connectivity index (χ2n) is 7.74. The highest BCUT2D eigenvalue weighted by atomic mass is 32.1. The summed E-state index contributed by atoms with van der Waals surface area (Å²) in [7, 11) is 1.43. The van der Waals surface area contributed by atoms with Crippen LogP contribution < -0.4 is 10.2 Å². The van der Waals surface area contributed by atoms with Crippen molar-refractivity contribution < 1.29 is 28.5 Å². The van der Waals surface area contributed by atoms with Crippen LogP contribution in [-0.4, -0.2) is 74.5 Å². The van der Waals surface area contributed by atoms with E-state index >= 15 is 0 Å². The molecule has 2 aromatic carbocycles. The Bertz CT molecular complexity index is 1240. The first-order chi connectivity index (χ1) is 16.8. The number of hydrogen-bond acceptors (Lipinski definition) is 8.